The Labute approximate surface area is 111 Å². The van der Waals surface area contributed by atoms with E-state index in [1.165, 1.54) is 4.90 Å². The molecular weight excluding hydrogens is 261 g/mol. The first-order valence-corrected chi connectivity index (χ1v) is 6.46. The number of halogens is 3. The fraction of sp³-hybridized carbons (Fsp3) is 0.917. The highest BCUT2D eigenvalue weighted by Gasteiger charge is 2.33. The zero-order valence-electron chi connectivity index (χ0n) is 11.5. The van der Waals surface area contributed by atoms with Gasteiger partial charge in [0.1, 0.15) is 5.54 Å². The van der Waals surface area contributed by atoms with E-state index in [0.29, 0.717) is 19.4 Å². The van der Waals surface area contributed by atoms with Gasteiger partial charge in [-0.1, -0.05) is 13.8 Å². The molecule has 0 aliphatic heterocycles. The first-order chi connectivity index (χ1) is 8.64. The van der Waals surface area contributed by atoms with Crippen molar-refractivity contribution in [2.45, 2.75) is 51.2 Å². The highest BCUT2D eigenvalue weighted by molar-refractivity contribution is 5.78. The molecule has 19 heavy (non-hydrogen) atoms. The molecule has 0 saturated carbocycles. The predicted molar refractivity (Wildman–Crippen MR) is 66.9 cm³/mol. The van der Waals surface area contributed by atoms with E-state index in [4.69, 9.17) is 10.8 Å². The molecule has 3 N–H and O–H groups in total. The molecule has 0 fully saturated rings. The topological polar surface area (TPSA) is 66.6 Å². The molecular formula is C12H23F3N2O2. The fourth-order valence-electron chi connectivity index (χ4n) is 1.89. The number of nitrogens with two attached hydrogens (primary N) is 1. The van der Waals surface area contributed by atoms with Gasteiger partial charge in [0.05, 0.1) is 6.54 Å². The second-order valence-electron chi connectivity index (χ2n) is 4.81. The molecule has 7 heteroatoms. The first-order valence-electron chi connectivity index (χ1n) is 6.46. The summed E-state index contributed by atoms with van der Waals surface area (Å²) in [6, 6.07) is 0. The van der Waals surface area contributed by atoms with Crippen LogP contribution in [0.2, 0.25) is 0 Å². The van der Waals surface area contributed by atoms with Gasteiger partial charge in [0, 0.05) is 0 Å². The number of rotatable bonds is 9. The van der Waals surface area contributed by atoms with E-state index < -0.39 is 24.2 Å². The van der Waals surface area contributed by atoms with Crippen LogP contribution >= 0.6 is 0 Å². The number of hydrogen-bond donors (Lipinski definition) is 2. The van der Waals surface area contributed by atoms with Crippen molar-refractivity contribution in [2.75, 3.05) is 19.6 Å². The molecule has 0 rings (SSSR count). The van der Waals surface area contributed by atoms with Crippen molar-refractivity contribution in [2.24, 2.45) is 5.73 Å². The van der Waals surface area contributed by atoms with E-state index >= 15 is 0 Å². The number of alkyl halides is 3. The van der Waals surface area contributed by atoms with E-state index in [1.807, 2.05) is 0 Å². The van der Waals surface area contributed by atoms with Crippen molar-refractivity contribution in [1.82, 2.24) is 4.90 Å². The largest absolute Gasteiger partial charge is 0.480 e. The summed E-state index contributed by atoms with van der Waals surface area (Å²) in [5.74, 6) is -1.10. The number of carboxylic acids is 1. The van der Waals surface area contributed by atoms with Gasteiger partial charge >= 0.3 is 12.1 Å². The summed E-state index contributed by atoms with van der Waals surface area (Å²) in [6.45, 7) is 3.06. The molecule has 0 saturated heterocycles. The molecule has 0 aliphatic rings. The van der Waals surface area contributed by atoms with E-state index in [1.54, 1.807) is 13.8 Å². The Balaban J connectivity index is 4.29. The van der Waals surface area contributed by atoms with Gasteiger partial charge in [-0.3, -0.25) is 9.69 Å². The van der Waals surface area contributed by atoms with Crippen molar-refractivity contribution in [3.8, 4) is 0 Å². The lowest BCUT2D eigenvalue weighted by Crippen LogP contribution is -2.48. The number of aliphatic carboxylic acids is 1. The smallest absolute Gasteiger partial charge is 0.401 e. The molecule has 1 atom stereocenters. The molecule has 1 unspecified atom stereocenters. The highest BCUT2D eigenvalue weighted by atomic mass is 19.4. The minimum atomic E-state index is -4.23. The summed E-state index contributed by atoms with van der Waals surface area (Å²) < 4.78 is 37.0. The Morgan fingerprint density at radius 1 is 1.26 bits per heavy atom. The van der Waals surface area contributed by atoms with Crippen LogP contribution in [0.5, 0.6) is 0 Å². The molecule has 0 bridgehead atoms. The predicted octanol–water partition coefficient (Wildman–Crippen LogP) is 2.23. The summed E-state index contributed by atoms with van der Waals surface area (Å²) in [5.41, 5.74) is 4.35. The van der Waals surface area contributed by atoms with Gasteiger partial charge in [-0.25, -0.2) is 0 Å². The van der Waals surface area contributed by atoms with Gasteiger partial charge in [0.15, 0.2) is 0 Å². The zero-order valence-corrected chi connectivity index (χ0v) is 11.5. The molecule has 0 aromatic rings. The Morgan fingerprint density at radius 3 is 2.21 bits per heavy atom. The summed E-state index contributed by atoms with van der Waals surface area (Å²) >= 11 is 0. The van der Waals surface area contributed by atoms with Gasteiger partial charge in [-0.15, -0.1) is 0 Å². The van der Waals surface area contributed by atoms with Crippen LogP contribution in [-0.2, 0) is 4.79 Å². The molecule has 114 valence electrons. The van der Waals surface area contributed by atoms with Gasteiger partial charge in [-0.05, 0) is 38.8 Å². The monoisotopic (exact) mass is 284 g/mol. The fourth-order valence-corrected chi connectivity index (χ4v) is 1.89. The van der Waals surface area contributed by atoms with Crippen LogP contribution in [-0.4, -0.2) is 47.3 Å². The SMILES string of the molecule is CCCN(CCCC(N)(CC)C(=O)O)CC(F)(F)F. The number of nitrogens with zero attached hydrogens (tertiary/aromatic N) is 1. The third kappa shape index (κ3) is 7.37. The molecule has 0 spiro atoms. The van der Waals surface area contributed by atoms with Crippen molar-refractivity contribution in [1.29, 1.82) is 0 Å². The lowest BCUT2D eigenvalue weighted by molar-refractivity contribution is -0.147. The van der Waals surface area contributed by atoms with Crippen LogP contribution in [0, 0.1) is 0 Å². The van der Waals surface area contributed by atoms with Crippen LogP contribution < -0.4 is 5.73 Å². The van der Waals surface area contributed by atoms with Crippen molar-refractivity contribution >= 4 is 5.97 Å². The lowest BCUT2D eigenvalue weighted by atomic mass is 9.92. The number of hydrogen-bond acceptors (Lipinski definition) is 3. The zero-order chi connectivity index (χ0) is 15.1. The molecule has 0 aliphatic carbocycles. The summed E-state index contributed by atoms with van der Waals surface area (Å²) in [7, 11) is 0. The lowest BCUT2D eigenvalue weighted by Gasteiger charge is -2.26. The number of carbonyl (C=O) groups is 1. The molecule has 0 radical (unpaired) electrons. The van der Waals surface area contributed by atoms with Crippen LogP contribution in [0.4, 0.5) is 13.2 Å². The number of carboxylic acid groups (broad SMARTS) is 1. The van der Waals surface area contributed by atoms with E-state index in [-0.39, 0.29) is 19.4 Å². The van der Waals surface area contributed by atoms with E-state index in [9.17, 15) is 18.0 Å². The average Bonchev–Trinajstić information content (AvgIpc) is 2.26. The maximum absolute atomic E-state index is 12.3. The Kier molecular flexibility index (Phi) is 7.36. The molecule has 4 nitrogen and oxygen atoms in total. The van der Waals surface area contributed by atoms with Crippen LogP contribution in [0.3, 0.4) is 0 Å². The molecule has 0 aromatic carbocycles. The van der Waals surface area contributed by atoms with Crippen molar-refractivity contribution in [3.05, 3.63) is 0 Å². The third-order valence-corrected chi connectivity index (χ3v) is 3.10. The minimum Gasteiger partial charge on any atom is -0.480 e. The van der Waals surface area contributed by atoms with E-state index in [2.05, 4.69) is 0 Å². The Hall–Kier alpha value is -0.820. The highest BCUT2D eigenvalue weighted by Crippen LogP contribution is 2.19. The summed E-state index contributed by atoms with van der Waals surface area (Å²) in [4.78, 5) is 12.3. The van der Waals surface area contributed by atoms with Crippen LogP contribution in [0.1, 0.15) is 39.5 Å². The van der Waals surface area contributed by atoms with Crippen LogP contribution in [0.15, 0.2) is 0 Å². The molecule has 0 aromatic heterocycles. The summed E-state index contributed by atoms with van der Waals surface area (Å²) in [5, 5.41) is 8.97. The molecule has 0 heterocycles. The summed E-state index contributed by atoms with van der Waals surface area (Å²) in [6.07, 6.45) is -2.83. The maximum Gasteiger partial charge on any atom is 0.401 e. The molecule has 0 amide bonds. The van der Waals surface area contributed by atoms with Gasteiger partial charge in [0.25, 0.3) is 0 Å². The third-order valence-electron chi connectivity index (χ3n) is 3.10. The quantitative estimate of drug-likeness (QED) is 0.681. The second kappa shape index (κ2) is 7.69. The van der Waals surface area contributed by atoms with Crippen molar-refractivity contribution < 1.29 is 23.1 Å². The Bertz CT molecular complexity index is 285. The van der Waals surface area contributed by atoms with E-state index in [0.717, 1.165) is 0 Å². The second-order valence-corrected chi connectivity index (χ2v) is 4.81. The standard InChI is InChI=1S/C12H23F3N2O2/c1-3-7-17(9-12(13,14)15)8-5-6-11(16,4-2)10(18)19/h3-9,16H2,1-2H3,(H,18,19). The van der Waals surface area contributed by atoms with Gasteiger partial charge in [0.2, 0.25) is 0 Å². The normalized spacial score (nSPS) is 15.5. The minimum absolute atomic E-state index is 0.177. The van der Waals surface area contributed by atoms with Gasteiger partial charge in [-0.2, -0.15) is 13.2 Å². The average molecular weight is 284 g/mol. The maximum atomic E-state index is 12.3. The Morgan fingerprint density at radius 2 is 1.84 bits per heavy atom. The van der Waals surface area contributed by atoms with Crippen LogP contribution in [0.25, 0.3) is 0 Å². The first kappa shape index (κ1) is 18.2. The van der Waals surface area contributed by atoms with Gasteiger partial charge < -0.3 is 10.8 Å². The van der Waals surface area contributed by atoms with Crippen molar-refractivity contribution in [3.63, 3.8) is 0 Å².